The van der Waals surface area contributed by atoms with E-state index in [-0.39, 0.29) is 0 Å². The quantitative estimate of drug-likeness (QED) is 0.637. The molecular formula is C18H38N2. The van der Waals surface area contributed by atoms with Gasteiger partial charge in [-0.05, 0) is 77.4 Å². The summed E-state index contributed by atoms with van der Waals surface area (Å²) in [5.74, 6) is 1.02. The van der Waals surface area contributed by atoms with E-state index in [9.17, 15) is 0 Å². The molecule has 2 nitrogen and oxygen atoms in total. The van der Waals surface area contributed by atoms with Crippen LogP contribution in [0.2, 0.25) is 0 Å². The van der Waals surface area contributed by atoms with Crippen molar-refractivity contribution in [3.63, 3.8) is 0 Å². The summed E-state index contributed by atoms with van der Waals surface area (Å²) in [4.78, 5) is 2.64. The lowest BCUT2D eigenvalue weighted by Crippen LogP contribution is -2.36. The van der Waals surface area contributed by atoms with E-state index < -0.39 is 0 Å². The number of rotatable bonds is 10. The van der Waals surface area contributed by atoms with Gasteiger partial charge in [-0.3, -0.25) is 0 Å². The van der Waals surface area contributed by atoms with E-state index in [1.165, 1.54) is 70.9 Å². The number of nitrogens with zero attached hydrogens (tertiary/aromatic N) is 1. The Labute approximate surface area is 127 Å². The fourth-order valence-corrected chi connectivity index (χ4v) is 3.56. The Morgan fingerprint density at radius 2 is 1.80 bits per heavy atom. The Balaban J connectivity index is 2.14. The lowest BCUT2D eigenvalue weighted by Gasteiger charge is -2.34. The van der Waals surface area contributed by atoms with Crippen LogP contribution in [-0.2, 0) is 0 Å². The Hall–Kier alpha value is -0.0800. The summed E-state index contributed by atoms with van der Waals surface area (Å²) in [7, 11) is 2.34. The van der Waals surface area contributed by atoms with Crippen molar-refractivity contribution in [1.82, 2.24) is 10.2 Å². The first-order valence-corrected chi connectivity index (χ1v) is 9.14. The van der Waals surface area contributed by atoms with Crippen LogP contribution in [-0.4, -0.2) is 37.1 Å². The van der Waals surface area contributed by atoms with Crippen molar-refractivity contribution >= 4 is 0 Å². The van der Waals surface area contributed by atoms with Gasteiger partial charge in [0.2, 0.25) is 0 Å². The maximum absolute atomic E-state index is 3.67. The van der Waals surface area contributed by atoms with E-state index >= 15 is 0 Å². The van der Waals surface area contributed by atoms with Crippen LogP contribution in [0.1, 0.15) is 78.6 Å². The van der Waals surface area contributed by atoms with Crippen LogP contribution in [0.3, 0.4) is 0 Å². The lowest BCUT2D eigenvalue weighted by molar-refractivity contribution is 0.160. The summed E-state index contributed by atoms with van der Waals surface area (Å²) in [6.07, 6.45) is 12.4. The molecule has 1 saturated carbocycles. The van der Waals surface area contributed by atoms with Crippen molar-refractivity contribution in [3.05, 3.63) is 0 Å². The average molecular weight is 283 g/mol. The highest BCUT2D eigenvalue weighted by Gasteiger charge is 2.22. The van der Waals surface area contributed by atoms with Gasteiger partial charge >= 0.3 is 0 Å². The first-order chi connectivity index (χ1) is 9.71. The third kappa shape index (κ3) is 6.58. The molecule has 0 radical (unpaired) electrons. The van der Waals surface area contributed by atoms with Crippen molar-refractivity contribution < 1.29 is 0 Å². The van der Waals surface area contributed by atoms with Gasteiger partial charge in [0.05, 0.1) is 0 Å². The average Bonchev–Trinajstić information content (AvgIpc) is 2.50. The van der Waals surface area contributed by atoms with Gasteiger partial charge in [-0.15, -0.1) is 0 Å². The minimum atomic E-state index is 0.735. The van der Waals surface area contributed by atoms with E-state index in [1.54, 1.807) is 0 Å². The molecule has 0 aromatic heterocycles. The largest absolute Gasteiger partial charge is 0.314 e. The normalized spacial score (nSPS) is 25.1. The van der Waals surface area contributed by atoms with Gasteiger partial charge in [0.15, 0.2) is 0 Å². The molecule has 0 spiro atoms. The summed E-state index contributed by atoms with van der Waals surface area (Å²) >= 11 is 0. The Bertz CT molecular complexity index is 221. The van der Waals surface area contributed by atoms with Crippen molar-refractivity contribution in [2.24, 2.45) is 5.92 Å². The molecule has 0 saturated heterocycles. The molecule has 0 aromatic rings. The number of hydrogen-bond donors (Lipinski definition) is 1. The lowest BCUT2D eigenvalue weighted by atomic mass is 9.84. The van der Waals surface area contributed by atoms with Gasteiger partial charge in [-0.1, -0.05) is 27.2 Å². The number of hydrogen-bond acceptors (Lipinski definition) is 2. The minimum absolute atomic E-state index is 0.735. The van der Waals surface area contributed by atoms with Crippen LogP contribution >= 0.6 is 0 Å². The SMILES string of the molecule is CCCNC(CC)CCCN(C)C1CCC(CC)CC1. The van der Waals surface area contributed by atoms with E-state index in [0.717, 1.165) is 18.0 Å². The molecule has 1 aliphatic rings. The first-order valence-electron chi connectivity index (χ1n) is 9.14. The molecular weight excluding hydrogens is 244 g/mol. The zero-order valence-corrected chi connectivity index (χ0v) is 14.5. The highest BCUT2D eigenvalue weighted by molar-refractivity contribution is 4.78. The zero-order valence-electron chi connectivity index (χ0n) is 14.5. The van der Waals surface area contributed by atoms with Crippen molar-refractivity contribution in [2.75, 3.05) is 20.1 Å². The van der Waals surface area contributed by atoms with Crippen molar-refractivity contribution in [3.8, 4) is 0 Å². The van der Waals surface area contributed by atoms with Gasteiger partial charge < -0.3 is 10.2 Å². The van der Waals surface area contributed by atoms with Crippen LogP contribution in [0.15, 0.2) is 0 Å². The molecule has 0 aliphatic heterocycles. The predicted molar refractivity (Wildman–Crippen MR) is 90.3 cm³/mol. The molecule has 120 valence electrons. The van der Waals surface area contributed by atoms with E-state index in [4.69, 9.17) is 0 Å². The molecule has 20 heavy (non-hydrogen) atoms. The topological polar surface area (TPSA) is 15.3 Å². The maximum Gasteiger partial charge on any atom is 0.00924 e. The second-order valence-corrected chi connectivity index (χ2v) is 6.76. The monoisotopic (exact) mass is 282 g/mol. The molecule has 1 aliphatic carbocycles. The van der Waals surface area contributed by atoms with Crippen LogP contribution < -0.4 is 5.32 Å². The van der Waals surface area contributed by atoms with E-state index in [0.29, 0.717) is 0 Å². The molecule has 1 unspecified atom stereocenters. The third-order valence-electron chi connectivity index (χ3n) is 5.26. The van der Waals surface area contributed by atoms with Gasteiger partial charge in [0, 0.05) is 12.1 Å². The van der Waals surface area contributed by atoms with Crippen LogP contribution in [0.5, 0.6) is 0 Å². The Morgan fingerprint density at radius 3 is 2.35 bits per heavy atom. The molecule has 1 N–H and O–H groups in total. The minimum Gasteiger partial charge on any atom is -0.314 e. The van der Waals surface area contributed by atoms with Gasteiger partial charge in [-0.25, -0.2) is 0 Å². The van der Waals surface area contributed by atoms with Crippen molar-refractivity contribution in [1.29, 1.82) is 0 Å². The molecule has 1 atom stereocenters. The Kier molecular flexibility index (Phi) is 9.54. The van der Waals surface area contributed by atoms with Crippen LogP contribution in [0, 0.1) is 5.92 Å². The van der Waals surface area contributed by atoms with Crippen molar-refractivity contribution in [2.45, 2.75) is 90.6 Å². The highest BCUT2D eigenvalue weighted by Crippen LogP contribution is 2.29. The fraction of sp³-hybridized carbons (Fsp3) is 1.00. The second-order valence-electron chi connectivity index (χ2n) is 6.76. The molecule has 0 aromatic carbocycles. The molecule has 0 bridgehead atoms. The first kappa shape index (κ1) is 18.0. The van der Waals surface area contributed by atoms with Gasteiger partial charge in [0.25, 0.3) is 0 Å². The standard InChI is InChI=1S/C18H38N2/c1-5-14-19-17(7-3)9-8-15-20(4)18-12-10-16(6-2)11-13-18/h16-19H,5-15H2,1-4H3. The molecule has 1 fully saturated rings. The predicted octanol–water partition coefficient (Wildman–Crippen LogP) is 4.45. The summed E-state index contributed by atoms with van der Waals surface area (Å²) in [5, 5.41) is 3.67. The third-order valence-corrected chi connectivity index (χ3v) is 5.26. The molecule has 1 rings (SSSR count). The van der Waals surface area contributed by atoms with E-state index in [1.807, 2.05) is 0 Å². The molecule has 0 heterocycles. The molecule has 2 heteroatoms. The highest BCUT2D eigenvalue weighted by atomic mass is 15.1. The van der Waals surface area contributed by atoms with Gasteiger partial charge in [-0.2, -0.15) is 0 Å². The van der Waals surface area contributed by atoms with Gasteiger partial charge in [0.1, 0.15) is 0 Å². The summed E-state index contributed by atoms with van der Waals surface area (Å²) in [6.45, 7) is 9.37. The fourth-order valence-electron chi connectivity index (χ4n) is 3.56. The Morgan fingerprint density at radius 1 is 1.10 bits per heavy atom. The number of nitrogens with one attached hydrogen (secondary N) is 1. The summed E-state index contributed by atoms with van der Waals surface area (Å²) in [6, 6.07) is 1.60. The van der Waals surface area contributed by atoms with Crippen LogP contribution in [0.4, 0.5) is 0 Å². The van der Waals surface area contributed by atoms with E-state index in [2.05, 4.69) is 38.0 Å². The maximum atomic E-state index is 3.67. The second kappa shape index (κ2) is 10.6. The van der Waals surface area contributed by atoms with Crippen LogP contribution in [0.25, 0.3) is 0 Å². The summed E-state index contributed by atoms with van der Waals surface area (Å²) in [5.41, 5.74) is 0. The smallest absolute Gasteiger partial charge is 0.00924 e. The summed E-state index contributed by atoms with van der Waals surface area (Å²) < 4.78 is 0. The zero-order chi connectivity index (χ0) is 14.8. The molecule has 0 amide bonds.